The van der Waals surface area contributed by atoms with Crippen molar-refractivity contribution in [3.05, 3.63) is 85.1 Å². The SMILES string of the molecule is CC/C=C\C/C=C\C/C=C\C/C=C\C/C=C\CCCCCC(=O)OC(COC(=O)CCCCCCC)COC(=O)CCCCCCCCCCCCCCCCCCCCC/C=C\C/C=C\CCCCCCC. The van der Waals surface area contributed by atoms with Crippen molar-refractivity contribution in [1.29, 1.82) is 0 Å². The van der Waals surface area contributed by atoms with Gasteiger partial charge in [0.1, 0.15) is 13.2 Å². The van der Waals surface area contributed by atoms with Gasteiger partial charge in [0.15, 0.2) is 6.10 Å². The Balaban J connectivity index is 4.01. The predicted molar refractivity (Wildman–Crippen MR) is 316 cm³/mol. The van der Waals surface area contributed by atoms with E-state index in [-0.39, 0.29) is 31.1 Å². The Kier molecular flexibility index (Phi) is 58.3. The van der Waals surface area contributed by atoms with Gasteiger partial charge in [-0.2, -0.15) is 0 Å². The Hall–Kier alpha value is -3.41. The second kappa shape index (κ2) is 61.1. The van der Waals surface area contributed by atoms with Gasteiger partial charge >= 0.3 is 17.9 Å². The van der Waals surface area contributed by atoms with Gasteiger partial charge in [0, 0.05) is 19.3 Å². The van der Waals surface area contributed by atoms with Crippen molar-refractivity contribution >= 4 is 17.9 Å². The number of hydrogen-bond acceptors (Lipinski definition) is 6. The summed E-state index contributed by atoms with van der Waals surface area (Å²) in [5.41, 5.74) is 0. The Morgan fingerprint density at radius 2 is 0.534 bits per heavy atom. The van der Waals surface area contributed by atoms with E-state index in [2.05, 4.69) is 106 Å². The molecule has 420 valence electrons. The lowest BCUT2D eigenvalue weighted by Crippen LogP contribution is -2.30. The highest BCUT2D eigenvalue weighted by Crippen LogP contribution is 2.16. The number of esters is 3. The Labute approximate surface area is 452 Å². The third-order valence-corrected chi connectivity index (χ3v) is 13.4. The van der Waals surface area contributed by atoms with Crippen LogP contribution >= 0.6 is 0 Å². The Morgan fingerprint density at radius 1 is 0.288 bits per heavy atom. The number of unbranched alkanes of at least 4 members (excludes halogenated alkanes) is 31. The van der Waals surface area contributed by atoms with Crippen LogP contribution in [0.15, 0.2) is 85.1 Å². The third kappa shape index (κ3) is 59.3. The maximum absolute atomic E-state index is 12.8. The summed E-state index contributed by atoms with van der Waals surface area (Å²) >= 11 is 0. The fraction of sp³-hybridized carbons (Fsp3) is 0.746. The Morgan fingerprint density at radius 3 is 0.849 bits per heavy atom. The molecule has 0 aliphatic carbocycles. The van der Waals surface area contributed by atoms with E-state index in [0.717, 1.165) is 109 Å². The highest BCUT2D eigenvalue weighted by atomic mass is 16.6. The van der Waals surface area contributed by atoms with E-state index in [9.17, 15) is 14.4 Å². The smallest absolute Gasteiger partial charge is 0.306 e. The van der Waals surface area contributed by atoms with Gasteiger partial charge in [-0.25, -0.2) is 0 Å². The monoisotopic (exact) mass is 1020 g/mol. The highest BCUT2D eigenvalue weighted by molar-refractivity contribution is 5.71. The maximum atomic E-state index is 12.8. The fourth-order valence-electron chi connectivity index (χ4n) is 8.74. The minimum Gasteiger partial charge on any atom is -0.462 e. The summed E-state index contributed by atoms with van der Waals surface area (Å²) in [5, 5.41) is 0. The van der Waals surface area contributed by atoms with Crippen LogP contribution in [0.5, 0.6) is 0 Å². The van der Waals surface area contributed by atoms with Crippen molar-refractivity contribution in [3.8, 4) is 0 Å². The summed E-state index contributed by atoms with van der Waals surface area (Å²) in [6.07, 6.45) is 80.8. The van der Waals surface area contributed by atoms with Gasteiger partial charge in [-0.15, -0.1) is 0 Å². The molecule has 0 aromatic carbocycles. The first-order chi connectivity index (χ1) is 36.0. The lowest BCUT2D eigenvalue weighted by molar-refractivity contribution is -0.167. The highest BCUT2D eigenvalue weighted by Gasteiger charge is 2.19. The molecule has 0 spiro atoms. The molecule has 6 heteroatoms. The molecule has 0 aromatic rings. The van der Waals surface area contributed by atoms with Gasteiger partial charge in [0.25, 0.3) is 0 Å². The molecule has 0 aliphatic rings. The lowest BCUT2D eigenvalue weighted by Gasteiger charge is -2.18. The van der Waals surface area contributed by atoms with Crippen molar-refractivity contribution in [3.63, 3.8) is 0 Å². The third-order valence-electron chi connectivity index (χ3n) is 13.4. The molecule has 0 saturated heterocycles. The van der Waals surface area contributed by atoms with Gasteiger partial charge in [-0.05, 0) is 96.3 Å². The molecular formula is C67H116O6. The summed E-state index contributed by atoms with van der Waals surface area (Å²) in [4.78, 5) is 37.8. The largest absolute Gasteiger partial charge is 0.462 e. The average molecular weight is 1020 g/mol. The zero-order valence-electron chi connectivity index (χ0n) is 48.1. The van der Waals surface area contributed by atoms with E-state index in [1.165, 1.54) is 154 Å². The fourth-order valence-corrected chi connectivity index (χ4v) is 8.74. The molecule has 0 radical (unpaired) electrons. The first-order valence-electron chi connectivity index (χ1n) is 31.1. The molecule has 0 aliphatic heterocycles. The summed E-state index contributed by atoms with van der Waals surface area (Å²) in [7, 11) is 0. The van der Waals surface area contributed by atoms with Crippen LogP contribution in [-0.2, 0) is 28.6 Å². The van der Waals surface area contributed by atoms with E-state index < -0.39 is 6.10 Å². The molecule has 6 nitrogen and oxygen atoms in total. The predicted octanol–water partition coefficient (Wildman–Crippen LogP) is 21.1. The van der Waals surface area contributed by atoms with Crippen molar-refractivity contribution < 1.29 is 28.6 Å². The second-order valence-corrected chi connectivity index (χ2v) is 20.6. The molecule has 0 N–H and O–H groups in total. The summed E-state index contributed by atoms with van der Waals surface area (Å²) in [6.45, 7) is 6.42. The molecule has 0 aromatic heterocycles. The number of rotatable bonds is 56. The first-order valence-corrected chi connectivity index (χ1v) is 31.1. The van der Waals surface area contributed by atoms with Gasteiger partial charge < -0.3 is 14.2 Å². The second-order valence-electron chi connectivity index (χ2n) is 20.6. The van der Waals surface area contributed by atoms with Gasteiger partial charge in [0.2, 0.25) is 0 Å². The van der Waals surface area contributed by atoms with Crippen LogP contribution in [0, 0.1) is 0 Å². The number of carbonyl (C=O) groups is 3. The molecule has 0 amide bonds. The van der Waals surface area contributed by atoms with Crippen LogP contribution in [0.2, 0.25) is 0 Å². The van der Waals surface area contributed by atoms with Crippen LogP contribution < -0.4 is 0 Å². The Bertz CT molecular complexity index is 1400. The van der Waals surface area contributed by atoms with Crippen molar-refractivity contribution in [2.75, 3.05) is 13.2 Å². The molecule has 1 unspecified atom stereocenters. The van der Waals surface area contributed by atoms with Crippen LogP contribution in [0.1, 0.15) is 303 Å². The van der Waals surface area contributed by atoms with Gasteiger partial charge in [-0.1, -0.05) is 273 Å². The van der Waals surface area contributed by atoms with E-state index in [1.54, 1.807) is 0 Å². The lowest BCUT2D eigenvalue weighted by atomic mass is 10.0. The quantitative estimate of drug-likeness (QED) is 0.0261. The van der Waals surface area contributed by atoms with Crippen molar-refractivity contribution in [2.45, 2.75) is 309 Å². The normalized spacial score (nSPS) is 12.6. The topological polar surface area (TPSA) is 78.9 Å². The summed E-state index contributed by atoms with van der Waals surface area (Å²) < 4.78 is 16.7. The number of carbonyl (C=O) groups excluding carboxylic acids is 3. The van der Waals surface area contributed by atoms with E-state index in [4.69, 9.17) is 14.2 Å². The van der Waals surface area contributed by atoms with Crippen molar-refractivity contribution in [1.82, 2.24) is 0 Å². The minimum absolute atomic E-state index is 0.0881. The molecule has 1 atom stereocenters. The number of allylic oxidation sites excluding steroid dienone is 14. The molecule has 0 heterocycles. The van der Waals surface area contributed by atoms with E-state index >= 15 is 0 Å². The molecule has 0 fully saturated rings. The van der Waals surface area contributed by atoms with Gasteiger partial charge in [-0.3, -0.25) is 14.4 Å². The summed E-state index contributed by atoms with van der Waals surface area (Å²) in [6, 6.07) is 0. The summed E-state index contributed by atoms with van der Waals surface area (Å²) in [5.74, 6) is -0.927. The van der Waals surface area contributed by atoms with Crippen LogP contribution in [-0.4, -0.2) is 37.2 Å². The van der Waals surface area contributed by atoms with Crippen molar-refractivity contribution in [2.24, 2.45) is 0 Å². The first kappa shape index (κ1) is 69.6. The molecule has 73 heavy (non-hydrogen) atoms. The van der Waals surface area contributed by atoms with Crippen LogP contribution in [0.25, 0.3) is 0 Å². The number of hydrogen-bond donors (Lipinski definition) is 0. The average Bonchev–Trinajstić information content (AvgIpc) is 3.39. The molecular weight excluding hydrogens is 901 g/mol. The van der Waals surface area contributed by atoms with Crippen LogP contribution in [0.4, 0.5) is 0 Å². The zero-order valence-corrected chi connectivity index (χ0v) is 48.1. The zero-order chi connectivity index (χ0) is 52.9. The molecule has 0 rings (SSSR count). The minimum atomic E-state index is -0.790. The standard InChI is InChI=1S/C67H116O6/c1-4-7-10-13-15-17-19-21-23-25-27-28-29-30-31-32-33-34-35-36-37-38-40-41-43-45-47-49-51-54-57-60-66(69)72-63-64(62-71-65(68)59-56-53-12-9-6-3)73-67(70)61-58-55-52-50-48-46-44-42-39-26-24-22-20-18-16-14-11-8-5-2/h8,11,16,18-19,21-22,24-25,27,39,42,46,48,64H,4-7,9-10,12-15,17,20,23,26,28-38,40-41,43-45,47,49-63H2,1-3H3/b11-8-,18-16-,21-19-,24-22-,27-25-,42-39-,48-46-. The molecule has 0 bridgehead atoms. The van der Waals surface area contributed by atoms with Gasteiger partial charge in [0.05, 0.1) is 0 Å². The number of ether oxygens (including phenoxy) is 3. The maximum Gasteiger partial charge on any atom is 0.306 e. The molecule has 0 saturated carbocycles. The van der Waals surface area contributed by atoms with Crippen LogP contribution in [0.3, 0.4) is 0 Å². The van der Waals surface area contributed by atoms with E-state index in [1.807, 2.05) is 0 Å². The van der Waals surface area contributed by atoms with E-state index in [0.29, 0.717) is 19.3 Å².